The molecular formula is C81H112LiN9O17. The monoisotopic (exact) mass is 1490 g/mol. The van der Waals surface area contributed by atoms with Crippen LogP contribution in [0.25, 0.3) is 0 Å². The van der Waals surface area contributed by atoms with Crippen LogP contribution in [0.4, 0.5) is 24.0 Å². The molecule has 13 rings (SSSR count). The fraction of sp³-hybridized carbons (Fsp3) is 0.556. The molecule has 27 heteroatoms. The molecule has 4 saturated carbocycles. The van der Waals surface area contributed by atoms with E-state index in [9.17, 15) is 38.4 Å². The third-order valence-corrected chi connectivity index (χ3v) is 20.3. The van der Waals surface area contributed by atoms with E-state index in [1.54, 1.807) is 19.6 Å². The molecule has 6 N–H and O–H groups in total. The molecule has 5 aliphatic heterocycles. The molecule has 8 atom stereocenters. The van der Waals surface area contributed by atoms with Gasteiger partial charge in [-0.15, -0.1) is 18.0 Å². The summed E-state index contributed by atoms with van der Waals surface area (Å²) in [4.78, 5) is 100. The zero-order chi connectivity index (χ0) is 76.8. The maximum absolute atomic E-state index is 12.4. The van der Waals surface area contributed by atoms with Gasteiger partial charge in [-0.25, -0.2) is 24.0 Å². The van der Waals surface area contributed by atoms with Crippen molar-refractivity contribution in [1.29, 1.82) is 0 Å². The number of hydrogen-bond donors (Lipinski definition) is 4. The SMILES string of the molecule is C#C.C=C1CCCN(C(=O)OCc2ccccc2)C1.CC(C)(C)OC(=O)N[C@H]1CC12CCCN(C(=O)OCc1ccccc1)C2.CCOC(=O)[C@H]1CC12CCCN(C(=O)OCc1ccccc1)C2.COCN=NC(C)=O.N[C@H]1CC12CCCNC2.O=C(O)[C@H]1CC12CCCN(C(=O)OCc1ccccc1)C2.[Li+].[OH-]. The summed E-state index contributed by atoms with van der Waals surface area (Å²) in [6, 6.07) is 39.2. The van der Waals surface area contributed by atoms with Crippen LogP contribution in [0.3, 0.4) is 0 Å². The van der Waals surface area contributed by atoms with Crippen LogP contribution < -0.4 is 35.2 Å². The van der Waals surface area contributed by atoms with Crippen LogP contribution in [0.2, 0.25) is 0 Å². The first-order valence-electron chi connectivity index (χ1n) is 36.9. The summed E-state index contributed by atoms with van der Waals surface area (Å²) in [6.45, 7) is 21.9. The first-order valence-corrected chi connectivity index (χ1v) is 36.9. The first kappa shape index (κ1) is 89.8. The van der Waals surface area contributed by atoms with Crippen LogP contribution in [0.15, 0.2) is 144 Å². The molecule has 584 valence electrons. The number of piperidine rings is 5. The molecule has 0 aromatic heterocycles. The number of rotatable bonds is 14. The van der Waals surface area contributed by atoms with Crippen LogP contribution in [-0.2, 0) is 74.0 Å². The molecule has 4 aromatic rings. The van der Waals surface area contributed by atoms with Crippen molar-refractivity contribution in [2.75, 3.05) is 85.9 Å². The number of likely N-dealkylation sites (tertiary alicyclic amines) is 4. The summed E-state index contributed by atoms with van der Waals surface area (Å²) in [5.41, 5.74) is 10.6. The summed E-state index contributed by atoms with van der Waals surface area (Å²) >= 11 is 0. The summed E-state index contributed by atoms with van der Waals surface area (Å²) in [6.07, 6.45) is 20.4. The van der Waals surface area contributed by atoms with Crippen LogP contribution in [-0.4, -0.2) is 182 Å². The number of esters is 1. The second-order valence-corrected chi connectivity index (χ2v) is 29.7. The number of carboxylic acids is 1. The van der Waals surface area contributed by atoms with E-state index < -0.39 is 11.6 Å². The van der Waals surface area contributed by atoms with Crippen molar-refractivity contribution >= 4 is 48.3 Å². The average molecular weight is 1490 g/mol. The summed E-state index contributed by atoms with van der Waals surface area (Å²) < 4.78 is 36.4. The number of azo groups is 1. The van der Waals surface area contributed by atoms with E-state index in [1.807, 2.05) is 149 Å². The number of nitrogens with zero attached hydrogens (tertiary/aromatic N) is 6. The van der Waals surface area contributed by atoms with Crippen molar-refractivity contribution in [3.05, 3.63) is 156 Å². The Morgan fingerprint density at radius 1 is 0.593 bits per heavy atom. The topological polar surface area (TPSA) is 339 Å². The fourth-order valence-electron chi connectivity index (χ4n) is 14.3. The third-order valence-electron chi connectivity index (χ3n) is 20.3. The molecule has 4 spiro atoms. The van der Waals surface area contributed by atoms with E-state index in [1.165, 1.54) is 46.4 Å². The number of hydrogen-bond acceptors (Lipinski definition) is 19. The van der Waals surface area contributed by atoms with Crippen molar-refractivity contribution in [3.63, 3.8) is 0 Å². The normalized spacial score (nSPS) is 24.2. The van der Waals surface area contributed by atoms with Crippen LogP contribution in [0, 0.1) is 46.3 Å². The number of carbonyl (C=O) groups excluding carboxylic acids is 7. The predicted molar refractivity (Wildman–Crippen MR) is 401 cm³/mol. The first-order chi connectivity index (χ1) is 50.9. The standard InChI is InChI=1S/C20H28N2O4.C18H23NO4.C16H19NO4.C14H17NO2.C7H14N2.C4H8N2O2.C2H2.Li.H2O/c1-19(2,3)26-17(23)21-16-12-20(16)10-7-11-22(14-20)18(24)25-13-15-8-5-4-6-9-15;1-2-22-16(20)15-11-18(15)9-6-10-19(13-18)17(21)23-12-14-7-4-3-5-8-14;18-14(19)13-9-16(13)7-4-8-17(11-16)15(20)21-10-12-5-2-1-3-6-12;1-12-6-5-9-15(10-12)14(16)17-11-13-7-3-2-4-8-13;8-6-4-7(6)2-1-3-9-5-7;1-4(7)6-5-3-8-2;1-2;;/h4-6,8-9,16H,7,10-14H2,1-3H3,(H,21,23);3-5,7-8,15H,2,6,9-13H2,1H3;1-3,5-6,13H,4,7-11H2,(H,18,19);2-4,7-8H,1,5-6,9-11H2;6,9H,1-5,8H2;3H2,1-2H3;1-2H;;1H2/q;;;;;;;+1;/p-1/t16-,20?;15-,18?;13-,16?;;6-,7?;;;;/m011.0..../s1. The van der Waals surface area contributed by atoms with E-state index in [0.717, 1.165) is 98.6 Å². The molecule has 0 bridgehead atoms. The van der Waals surface area contributed by atoms with Crippen LogP contribution in [0.1, 0.15) is 147 Å². The summed E-state index contributed by atoms with van der Waals surface area (Å²) in [5, 5.41) is 22.0. The number of carbonyl (C=O) groups is 8. The Hall–Kier alpha value is -8.82. The number of aliphatic carboxylic acids is 1. The third kappa shape index (κ3) is 29.0. The minimum atomic E-state index is -0.741. The van der Waals surface area contributed by atoms with Gasteiger partial charge in [0.25, 0.3) is 5.91 Å². The Labute approximate surface area is 648 Å². The number of ether oxygens (including phenoxy) is 7. The molecule has 5 heterocycles. The van der Waals surface area contributed by atoms with Gasteiger partial charge in [0.2, 0.25) is 0 Å². The van der Waals surface area contributed by atoms with Gasteiger partial charge in [-0.3, -0.25) is 14.4 Å². The smallest absolute Gasteiger partial charge is 0.870 e. The van der Waals surface area contributed by atoms with Crippen molar-refractivity contribution in [3.8, 4) is 12.8 Å². The number of amides is 6. The Bertz CT molecular complexity index is 3550. The summed E-state index contributed by atoms with van der Waals surface area (Å²) in [5.74, 6) is -1.50. The molecule has 26 nitrogen and oxygen atoms in total. The zero-order valence-corrected chi connectivity index (χ0v) is 64.2. The molecule has 6 amide bonds. The number of methoxy groups -OCH3 is 1. The minimum Gasteiger partial charge on any atom is -0.870 e. The summed E-state index contributed by atoms with van der Waals surface area (Å²) in [7, 11) is 1.49. The largest absolute Gasteiger partial charge is 1.00 e. The van der Waals surface area contributed by atoms with Crippen molar-refractivity contribution in [2.24, 2.45) is 49.5 Å². The van der Waals surface area contributed by atoms with Gasteiger partial charge >= 0.3 is 61.3 Å². The van der Waals surface area contributed by atoms with Crippen LogP contribution in [0.5, 0.6) is 0 Å². The number of benzene rings is 4. The second kappa shape index (κ2) is 44.0. The molecule has 5 saturated heterocycles. The van der Waals surface area contributed by atoms with Crippen LogP contribution >= 0.6 is 0 Å². The Morgan fingerprint density at radius 3 is 1.35 bits per heavy atom. The molecule has 9 fully saturated rings. The second-order valence-electron chi connectivity index (χ2n) is 29.7. The van der Waals surface area contributed by atoms with Gasteiger partial charge in [0, 0.05) is 101 Å². The molecule has 108 heavy (non-hydrogen) atoms. The number of nitrogens with one attached hydrogen (secondary N) is 2. The van der Waals surface area contributed by atoms with E-state index >= 15 is 0 Å². The van der Waals surface area contributed by atoms with Gasteiger partial charge < -0.3 is 79.7 Å². The predicted octanol–water partition coefficient (Wildman–Crippen LogP) is 9.93. The Balaban J connectivity index is 0.000000239. The molecule has 4 unspecified atom stereocenters. The average Bonchev–Trinajstić information content (AvgIpc) is 1.13. The van der Waals surface area contributed by atoms with Gasteiger partial charge in [0.05, 0.1) is 18.4 Å². The Kier molecular flexibility index (Phi) is 36.6. The minimum absolute atomic E-state index is 0. The molecule has 4 aromatic carbocycles. The van der Waals surface area contributed by atoms with Gasteiger partial charge in [0.15, 0.2) is 6.73 Å². The van der Waals surface area contributed by atoms with Gasteiger partial charge in [-0.1, -0.05) is 133 Å². The number of alkyl carbamates (subject to hydrolysis) is 1. The van der Waals surface area contributed by atoms with Gasteiger partial charge in [-0.05, 0) is 152 Å². The number of carboxylic acid groups (broad SMARTS) is 1. The maximum atomic E-state index is 12.4. The van der Waals surface area contributed by atoms with E-state index in [2.05, 4.69) is 45.0 Å². The van der Waals surface area contributed by atoms with Crippen molar-refractivity contribution in [2.45, 2.75) is 169 Å². The molecule has 4 aliphatic carbocycles. The van der Waals surface area contributed by atoms with E-state index in [-0.39, 0.29) is 127 Å². The van der Waals surface area contributed by atoms with Crippen molar-refractivity contribution in [1.82, 2.24) is 30.2 Å². The maximum Gasteiger partial charge on any atom is 1.00 e. The number of terminal acetylenes is 1. The van der Waals surface area contributed by atoms with Gasteiger partial charge in [0.1, 0.15) is 32.0 Å². The van der Waals surface area contributed by atoms with E-state index in [4.69, 9.17) is 39.3 Å². The van der Waals surface area contributed by atoms with Crippen molar-refractivity contribution < 1.29 is 101 Å². The molecule has 0 radical (unpaired) electrons. The van der Waals surface area contributed by atoms with Gasteiger partial charge in [-0.2, -0.15) is 5.11 Å². The van der Waals surface area contributed by atoms with E-state index in [0.29, 0.717) is 76.9 Å². The fourth-order valence-corrected chi connectivity index (χ4v) is 14.3. The number of nitrogens with two attached hydrogens (primary N) is 1. The quantitative estimate of drug-likeness (QED) is 0.0228. The molecular weight excluding hydrogens is 1380 g/mol. The molecule has 9 aliphatic rings. The Morgan fingerprint density at radius 2 is 0.991 bits per heavy atom. The zero-order valence-electron chi connectivity index (χ0n) is 64.2.